The van der Waals surface area contributed by atoms with Gasteiger partial charge in [-0.25, -0.2) is 0 Å². The van der Waals surface area contributed by atoms with Gasteiger partial charge < -0.3 is 49.2 Å². The summed E-state index contributed by atoms with van der Waals surface area (Å²) in [5.74, 6) is -2.77. The molecule has 2 aliphatic rings. The molecule has 6 unspecified atom stereocenters. The Labute approximate surface area is 159 Å². The maximum absolute atomic E-state index is 10.4. The van der Waals surface area contributed by atoms with E-state index >= 15 is 0 Å². The number of rotatable bonds is 8. The van der Waals surface area contributed by atoms with E-state index in [9.17, 15) is 25.5 Å². The molecule has 8 atom stereocenters. The van der Waals surface area contributed by atoms with Crippen molar-refractivity contribution in [1.82, 2.24) is 0 Å². The van der Waals surface area contributed by atoms with Gasteiger partial charge in [-0.1, -0.05) is 13.8 Å². The predicted octanol–water partition coefficient (Wildman–Crippen LogP) is -1.78. The minimum Gasteiger partial charge on any atom is -0.396 e. The lowest BCUT2D eigenvalue weighted by Gasteiger charge is -2.42. The molecule has 0 aromatic rings. The van der Waals surface area contributed by atoms with Gasteiger partial charge in [-0.15, -0.1) is 0 Å². The van der Waals surface area contributed by atoms with Crippen molar-refractivity contribution >= 4 is 0 Å². The van der Waals surface area contributed by atoms with E-state index in [2.05, 4.69) is 0 Å². The maximum Gasteiger partial charge on any atom is 0.221 e. The first kappa shape index (κ1) is 24.6. The molecule has 0 spiro atoms. The van der Waals surface area contributed by atoms with Gasteiger partial charge in [0.1, 0.15) is 24.9 Å². The van der Waals surface area contributed by atoms with Crippen LogP contribution in [-0.4, -0.2) is 109 Å². The minimum absolute atomic E-state index is 0.194. The molecule has 0 aromatic heterocycles. The van der Waals surface area contributed by atoms with Gasteiger partial charge in [0, 0.05) is 26.6 Å². The van der Waals surface area contributed by atoms with Crippen LogP contribution in [0.1, 0.15) is 20.3 Å². The van der Waals surface area contributed by atoms with Crippen LogP contribution in [0.25, 0.3) is 0 Å². The summed E-state index contributed by atoms with van der Waals surface area (Å²) in [5, 5.41) is 49.2. The molecule has 0 radical (unpaired) electrons. The third-order valence-corrected chi connectivity index (χ3v) is 4.76. The van der Waals surface area contributed by atoms with Crippen molar-refractivity contribution in [3.63, 3.8) is 0 Å². The van der Waals surface area contributed by atoms with Crippen LogP contribution in [-0.2, 0) is 23.7 Å². The second-order valence-electron chi connectivity index (χ2n) is 6.29. The van der Waals surface area contributed by atoms with E-state index in [1.807, 2.05) is 13.8 Å². The molecule has 0 aromatic carbocycles. The van der Waals surface area contributed by atoms with Crippen LogP contribution in [0.2, 0.25) is 0 Å². The lowest BCUT2D eigenvalue weighted by Crippen LogP contribution is -2.57. The minimum atomic E-state index is -1.93. The Balaban J connectivity index is 0.00000176. The van der Waals surface area contributed by atoms with Crippen molar-refractivity contribution in [2.75, 3.05) is 40.6 Å². The molecule has 27 heavy (non-hydrogen) atoms. The number of hydrogen-bond acceptors (Lipinski definition) is 10. The van der Waals surface area contributed by atoms with Gasteiger partial charge in [0.15, 0.2) is 6.29 Å². The second kappa shape index (κ2) is 11.6. The Kier molecular flexibility index (Phi) is 10.6. The summed E-state index contributed by atoms with van der Waals surface area (Å²) in [5.41, 5.74) is 0. The van der Waals surface area contributed by atoms with E-state index in [0.717, 1.165) is 0 Å². The Morgan fingerprint density at radius 3 is 2.15 bits per heavy atom. The van der Waals surface area contributed by atoms with Gasteiger partial charge in [0.25, 0.3) is 0 Å². The lowest BCUT2D eigenvalue weighted by molar-refractivity contribution is -0.373. The third-order valence-electron chi connectivity index (χ3n) is 4.76. The van der Waals surface area contributed by atoms with E-state index in [-0.39, 0.29) is 13.0 Å². The Bertz CT molecular complexity index is 411. The molecule has 162 valence electrons. The van der Waals surface area contributed by atoms with E-state index in [4.69, 9.17) is 23.7 Å². The first-order valence-corrected chi connectivity index (χ1v) is 9.17. The van der Waals surface area contributed by atoms with Crippen LogP contribution < -0.4 is 0 Å². The molecule has 0 aliphatic carbocycles. The highest BCUT2D eigenvalue weighted by Crippen LogP contribution is 2.39. The molecule has 0 amide bonds. The van der Waals surface area contributed by atoms with Crippen LogP contribution >= 0.6 is 0 Å². The van der Waals surface area contributed by atoms with Crippen molar-refractivity contribution in [2.45, 2.75) is 62.9 Å². The van der Waals surface area contributed by atoms with Crippen LogP contribution in [0, 0.1) is 5.92 Å². The highest BCUT2D eigenvalue weighted by molar-refractivity contribution is 4.97. The zero-order valence-electron chi connectivity index (χ0n) is 16.4. The molecule has 10 heteroatoms. The largest absolute Gasteiger partial charge is 0.396 e. The molecule has 5 N–H and O–H groups in total. The van der Waals surface area contributed by atoms with Crippen LogP contribution in [0.15, 0.2) is 0 Å². The number of aliphatic hydroxyl groups is 5. The molecule has 2 heterocycles. The van der Waals surface area contributed by atoms with Crippen LogP contribution in [0.4, 0.5) is 0 Å². The smallest absolute Gasteiger partial charge is 0.221 e. The Morgan fingerprint density at radius 1 is 1.04 bits per heavy atom. The summed E-state index contributed by atoms with van der Waals surface area (Å²) in [6, 6.07) is 0. The topological polar surface area (TPSA) is 147 Å². The number of aliphatic hydroxyl groups excluding tert-OH is 5. The zero-order chi connectivity index (χ0) is 20.6. The fraction of sp³-hybridized carbons (Fsp3) is 1.00. The molecule has 2 fully saturated rings. The second-order valence-corrected chi connectivity index (χ2v) is 6.29. The molecule has 10 nitrogen and oxygen atoms in total. The van der Waals surface area contributed by atoms with Crippen molar-refractivity contribution in [3.8, 4) is 0 Å². The maximum atomic E-state index is 10.4. The monoisotopic (exact) mass is 398 g/mol. The number of ether oxygens (including phenoxy) is 5. The van der Waals surface area contributed by atoms with E-state index in [1.54, 1.807) is 0 Å². The fourth-order valence-corrected chi connectivity index (χ4v) is 3.31. The van der Waals surface area contributed by atoms with Crippen LogP contribution in [0.3, 0.4) is 0 Å². The molecule has 2 aliphatic heterocycles. The Hall–Kier alpha value is -0.400. The van der Waals surface area contributed by atoms with Crippen molar-refractivity contribution in [2.24, 2.45) is 5.92 Å². The summed E-state index contributed by atoms with van der Waals surface area (Å²) in [7, 11) is 2.98. The summed E-state index contributed by atoms with van der Waals surface area (Å²) >= 11 is 0. The molecule has 0 bridgehead atoms. The lowest BCUT2D eigenvalue weighted by atomic mass is 9.95. The van der Waals surface area contributed by atoms with Crippen molar-refractivity contribution in [3.05, 3.63) is 0 Å². The summed E-state index contributed by atoms with van der Waals surface area (Å²) in [6.45, 7) is 2.50. The SMILES string of the molecule is CC.COCC1O[C@H](OC2(CO)OC(CO)C(CO)C2O)C(O)C[C@@H]1OC. The summed E-state index contributed by atoms with van der Waals surface area (Å²) < 4.78 is 27.1. The van der Waals surface area contributed by atoms with Crippen LogP contribution in [0.5, 0.6) is 0 Å². The van der Waals surface area contributed by atoms with Gasteiger partial charge in [0.05, 0.1) is 32.0 Å². The first-order chi connectivity index (χ1) is 13.0. The molecule has 2 rings (SSSR count). The van der Waals surface area contributed by atoms with E-state index in [1.165, 1.54) is 14.2 Å². The van der Waals surface area contributed by atoms with Gasteiger partial charge >= 0.3 is 0 Å². The van der Waals surface area contributed by atoms with Gasteiger partial charge in [-0.05, 0) is 0 Å². The fourth-order valence-electron chi connectivity index (χ4n) is 3.31. The van der Waals surface area contributed by atoms with Gasteiger partial charge in [-0.2, -0.15) is 0 Å². The standard InChI is InChI=1S/C15H28O10.C2H6/c1-21-6-12-10(22-2)3-9(19)14(23-12)25-15(7-18)13(20)8(4-16)11(5-17)24-15;1-2/h8-14,16-20H,3-7H2,1-2H3;1-2H3/t8?,9?,10-,11?,12?,13?,14+,15?;/m0./s1. The average Bonchev–Trinajstić information content (AvgIpc) is 2.97. The molecule has 2 saturated heterocycles. The Morgan fingerprint density at radius 2 is 1.70 bits per heavy atom. The van der Waals surface area contributed by atoms with Crippen molar-refractivity contribution in [1.29, 1.82) is 0 Å². The quantitative estimate of drug-likeness (QED) is 0.318. The van der Waals surface area contributed by atoms with E-state index in [0.29, 0.717) is 0 Å². The highest BCUT2D eigenvalue weighted by atomic mass is 16.8. The molecular formula is C17H34O10. The normalized spacial score (nSPS) is 41.9. The average molecular weight is 398 g/mol. The first-order valence-electron chi connectivity index (χ1n) is 9.17. The molecule has 0 saturated carbocycles. The predicted molar refractivity (Wildman–Crippen MR) is 92.7 cm³/mol. The van der Waals surface area contributed by atoms with E-state index < -0.39 is 68.3 Å². The number of methoxy groups -OCH3 is 2. The number of hydrogen-bond donors (Lipinski definition) is 5. The third kappa shape index (κ3) is 5.36. The van der Waals surface area contributed by atoms with Gasteiger partial charge in [0.2, 0.25) is 5.79 Å². The highest BCUT2D eigenvalue weighted by Gasteiger charge is 2.57. The summed E-state index contributed by atoms with van der Waals surface area (Å²) in [6.07, 6.45) is -5.40. The van der Waals surface area contributed by atoms with Gasteiger partial charge in [-0.3, -0.25) is 0 Å². The van der Waals surface area contributed by atoms with Crippen molar-refractivity contribution < 1.29 is 49.2 Å². The molecular weight excluding hydrogens is 364 g/mol. The zero-order valence-corrected chi connectivity index (χ0v) is 16.4. The summed E-state index contributed by atoms with van der Waals surface area (Å²) in [4.78, 5) is 0.